The van der Waals surface area contributed by atoms with Crippen LogP contribution < -0.4 is 5.32 Å². The second-order valence-electron chi connectivity index (χ2n) is 7.55. The average molecular weight is 346 g/mol. The third-order valence-corrected chi connectivity index (χ3v) is 5.88. The maximum atomic E-state index is 12.4. The van der Waals surface area contributed by atoms with Gasteiger partial charge in [0.05, 0.1) is 11.6 Å². The number of nitrogens with zero attached hydrogens (tertiary/aromatic N) is 3. The van der Waals surface area contributed by atoms with Gasteiger partial charge in [0.2, 0.25) is 11.8 Å². The van der Waals surface area contributed by atoms with Crippen molar-refractivity contribution in [1.82, 2.24) is 20.0 Å². The predicted molar refractivity (Wildman–Crippen MR) is 96.1 cm³/mol. The molecular weight excluding hydrogens is 316 g/mol. The van der Waals surface area contributed by atoms with E-state index in [1.807, 2.05) is 16.5 Å². The van der Waals surface area contributed by atoms with Crippen molar-refractivity contribution in [3.63, 3.8) is 0 Å². The van der Waals surface area contributed by atoms with Gasteiger partial charge >= 0.3 is 0 Å². The van der Waals surface area contributed by atoms with Gasteiger partial charge in [0, 0.05) is 37.8 Å². The normalized spacial score (nSPS) is 21.3. The lowest BCUT2D eigenvalue weighted by Crippen LogP contribution is -2.37. The largest absolute Gasteiger partial charge is 0.356 e. The van der Waals surface area contributed by atoms with E-state index in [0.717, 1.165) is 31.5 Å². The van der Waals surface area contributed by atoms with Gasteiger partial charge in [-0.25, -0.2) is 0 Å². The summed E-state index contributed by atoms with van der Waals surface area (Å²) in [5.74, 6) is 0.00703. The van der Waals surface area contributed by atoms with Crippen LogP contribution in [0, 0.1) is 26.7 Å². The molecule has 25 heavy (non-hydrogen) atoms. The standard InChI is InChI=1S/C19H30N4O2/c1-13-14(2)21-23(15(13)3)10-6-9-20-19(25)16-11-18(24)22(12-16)17-7-4-5-8-17/h16-17H,4-12H2,1-3H3,(H,20,25). The number of aromatic nitrogens is 2. The van der Waals surface area contributed by atoms with Crippen molar-refractivity contribution in [1.29, 1.82) is 0 Å². The highest BCUT2D eigenvalue weighted by atomic mass is 16.2. The number of nitrogens with one attached hydrogen (secondary N) is 1. The first-order valence-corrected chi connectivity index (χ1v) is 9.55. The number of aryl methyl sites for hydroxylation is 2. The van der Waals surface area contributed by atoms with Crippen molar-refractivity contribution in [3.05, 3.63) is 17.0 Å². The summed E-state index contributed by atoms with van der Waals surface area (Å²) in [6, 6.07) is 0.375. The summed E-state index contributed by atoms with van der Waals surface area (Å²) in [6.07, 6.45) is 5.83. The molecule has 1 saturated heterocycles. The lowest BCUT2D eigenvalue weighted by atomic mass is 10.1. The van der Waals surface area contributed by atoms with Crippen LogP contribution in [0.4, 0.5) is 0 Å². The van der Waals surface area contributed by atoms with Gasteiger partial charge in [-0.05, 0) is 45.6 Å². The molecule has 1 atom stereocenters. The maximum Gasteiger partial charge on any atom is 0.225 e. The molecule has 3 rings (SSSR count). The van der Waals surface area contributed by atoms with Gasteiger partial charge in [0.15, 0.2) is 0 Å². The number of hydrogen-bond donors (Lipinski definition) is 1. The highest BCUT2D eigenvalue weighted by Crippen LogP contribution is 2.29. The molecule has 0 spiro atoms. The first-order chi connectivity index (χ1) is 12.0. The van der Waals surface area contributed by atoms with E-state index >= 15 is 0 Å². The quantitative estimate of drug-likeness (QED) is 0.802. The smallest absolute Gasteiger partial charge is 0.225 e. The minimum atomic E-state index is -0.177. The van der Waals surface area contributed by atoms with Gasteiger partial charge in [0.1, 0.15) is 0 Å². The molecule has 1 saturated carbocycles. The number of amides is 2. The molecule has 138 valence electrons. The Morgan fingerprint density at radius 2 is 1.96 bits per heavy atom. The minimum absolute atomic E-state index is 0.0263. The van der Waals surface area contributed by atoms with Gasteiger partial charge in [-0.1, -0.05) is 12.8 Å². The van der Waals surface area contributed by atoms with Crippen LogP contribution in [0.3, 0.4) is 0 Å². The molecule has 1 aliphatic carbocycles. The van der Waals surface area contributed by atoms with Crippen LogP contribution in [0.25, 0.3) is 0 Å². The van der Waals surface area contributed by atoms with Gasteiger partial charge in [-0.2, -0.15) is 5.10 Å². The van der Waals surface area contributed by atoms with Gasteiger partial charge < -0.3 is 10.2 Å². The Kier molecular flexibility index (Phi) is 5.45. The Morgan fingerprint density at radius 1 is 1.24 bits per heavy atom. The van der Waals surface area contributed by atoms with E-state index in [1.165, 1.54) is 24.1 Å². The number of carbonyl (C=O) groups excluding carboxylic acids is 2. The lowest BCUT2D eigenvalue weighted by Gasteiger charge is -2.23. The highest BCUT2D eigenvalue weighted by molar-refractivity contribution is 5.89. The second-order valence-corrected chi connectivity index (χ2v) is 7.55. The Hall–Kier alpha value is -1.85. The van der Waals surface area contributed by atoms with E-state index in [0.29, 0.717) is 25.6 Å². The molecular formula is C19H30N4O2. The summed E-state index contributed by atoms with van der Waals surface area (Å²) in [5.41, 5.74) is 3.50. The molecule has 1 aliphatic heterocycles. The van der Waals surface area contributed by atoms with Gasteiger partial charge in [-0.15, -0.1) is 0 Å². The fourth-order valence-electron chi connectivity index (χ4n) is 4.07. The summed E-state index contributed by atoms with van der Waals surface area (Å²) in [7, 11) is 0. The SMILES string of the molecule is Cc1nn(CCCNC(=O)C2CC(=O)N(C3CCCC3)C2)c(C)c1C. The summed E-state index contributed by atoms with van der Waals surface area (Å²) < 4.78 is 2.01. The third-order valence-electron chi connectivity index (χ3n) is 5.88. The van der Waals surface area contributed by atoms with Gasteiger partial charge in [-0.3, -0.25) is 14.3 Å². The summed E-state index contributed by atoms with van der Waals surface area (Å²) in [5, 5.41) is 7.53. The molecule has 2 amide bonds. The van der Waals surface area contributed by atoms with Crippen LogP contribution in [0.2, 0.25) is 0 Å². The van der Waals surface area contributed by atoms with Crippen molar-refractivity contribution >= 4 is 11.8 Å². The molecule has 0 aromatic carbocycles. The zero-order valence-corrected chi connectivity index (χ0v) is 15.7. The van der Waals surface area contributed by atoms with Gasteiger partial charge in [0.25, 0.3) is 0 Å². The monoisotopic (exact) mass is 346 g/mol. The topological polar surface area (TPSA) is 67.2 Å². The zero-order chi connectivity index (χ0) is 18.0. The summed E-state index contributed by atoms with van der Waals surface area (Å²) in [4.78, 5) is 26.5. The Labute approximate surface area is 149 Å². The van der Waals surface area contributed by atoms with E-state index in [-0.39, 0.29) is 17.7 Å². The Balaban J connectivity index is 1.42. The average Bonchev–Trinajstić information content (AvgIpc) is 3.29. The molecule has 6 heteroatoms. The fourth-order valence-corrected chi connectivity index (χ4v) is 4.07. The molecule has 1 N–H and O–H groups in total. The summed E-state index contributed by atoms with van der Waals surface area (Å²) in [6.45, 7) is 8.22. The van der Waals surface area contributed by atoms with E-state index in [2.05, 4.69) is 24.3 Å². The molecule has 6 nitrogen and oxygen atoms in total. The van der Waals surface area contributed by atoms with E-state index in [1.54, 1.807) is 0 Å². The Bertz CT molecular complexity index is 646. The minimum Gasteiger partial charge on any atom is -0.356 e. The lowest BCUT2D eigenvalue weighted by molar-refractivity contribution is -0.130. The van der Waals surface area contributed by atoms with E-state index in [4.69, 9.17) is 0 Å². The number of likely N-dealkylation sites (tertiary alicyclic amines) is 1. The molecule has 0 radical (unpaired) electrons. The highest BCUT2D eigenvalue weighted by Gasteiger charge is 2.38. The first kappa shape index (κ1) is 18.0. The predicted octanol–water partition coefficient (Wildman–Crippen LogP) is 2.11. The van der Waals surface area contributed by atoms with Crippen LogP contribution in [-0.4, -0.2) is 45.6 Å². The maximum absolute atomic E-state index is 12.4. The molecule has 1 aromatic heterocycles. The van der Waals surface area contributed by atoms with Crippen LogP contribution in [0.5, 0.6) is 0 Å². The van der Waals surface area contributed by atoms with Crippen molar-refractivity contribution in [2.45, 2.75) is 71.9 Å². The molecule has 2 aliphatic rings. The van der Waals surface area contributed by atoms with Crippen molar-refractivity contribution < 1.29 is 9.59 Å². The first-order valence-electron chi connectivity index (χ1n) is 9.55. The van der Waals surface area contributed by atoms with Crippen LogP contribution in [-0.2, 0) is 16.1 Å². The molecule has 1 aromatic rings. The molecule has 2 fully saturated rings. The third kappa shape index (κ3) is 3.88. The second kappa shape index (κ2) is 7.58. The van der Waals surface area contributed by atoms with Crippen LogP contribution >= 0.6 is 0 Å². The van der Waals surface area contributed by atoms with E-state index < -0.39 is 0 Å². The molecule has 0 bridgehead atoms. The van der Waals surface area contributed by atoms with Crippen molar-refractivity contribution in [3.8, 4) is 0 Å². The fraction of sp³-hybridized carbons (Fsp3) is 0.737. The molecule has 1 unspecified atom stereocenters. The zero-order valence-electron chi connectivity index (χ0n) is 15.7. The Morgan fingerprint density at radius 3 is 2.60 bits per heavy atom. The van der Waals surface area contributed by atoms with Crippen LogP contribution in [0.1, 0.15) is 55.5 Å². The van der Waals surface area contributed by atoms with E-state index in [9.17, 15) is 9.59 Å². The number of carbonyl (C=O) groups is 2. The van der Waals surface area contributed by atoms with Crippen LogP contribution in [0.15, 0.2) is 0 Å². The van der Waals surface area contributed by atoms with Crippen molar-refractivity contribution in [2.75, 3.05) is 13.1 Å². The molecule has 2 heterocycles. The number of rotatable bonds is 6. The van der Waals surface area contributed by atoms with Crippen molar-refractivity contribution in [2.24, 2.45) is 5.92 Å². The summed E-state index contributed by atoms with van der Waals surface area (Å²) >= 11 is 0. The number of hydrogen-bond acceptors (Lipinski definition) is 3.